The molecule has 1 amide bonds. The van der Waals surface area contributed by atoms with Gasteiger partial charge in [-0.1, -0.05) is 6.07 Å². The lowest BCUT2D eigenvalue weighted by atomic mass is 10.1. The summed E-state index contributed by atoms with van der Waals surface area (Å²) >= 11 is 0. The molecule has 0 fully saturated rings. The molecule has 1 aromatic rings. The van der Waals surface area contributed by atoms with Crippen LogP contribution in [0.1, 0.15) is 33.3 Å². The van der Waals surface area contributed by atoms with E-state index in [2.05, 4.69) is 5.32 Å². The second-order valence-corrected chi connectivity index (χ2v) is 5.93. The first kappa shape index (κ1) is 18.7. The van der Waals surface area contributed by atoms with Crippen LogP contribution in [0.15, 0.2) is 18.2 Å². The fraction of sp³-hybridized carbons (Fsp3) is 0.500. The second kappa shape index (κ2) is 7.80. The van der Waals surface area contributed by atoms with Gasteiger partial charge in [0.15, 0.2) is 0 Å². The Morgan fingerprint density at radius 2 is 2.00 bits per heavy atom. The quantitative estimate of drug-likeness (QED) is 0.812. The summed E-state index contributed by atoms with van der Waals surface area (Å²) in [7, 11) is 0. The highest BCUT2D eigenvalue weighted by molar-refractivity contribution is 5.81. The molecule has 0 saturated carbocycles. The predicted octanol–water partition coefficient (Wildman–Crippen LogP) is 2.53. The van der Waals surface area contributed by atoms with Crippen molar-refractivity contribution < 1.29 is 28.6 Å². The number of amides is 1. The van der Waals surface area contributed by atoms with Crippen molar-refractivity contribution in [2.75, 3.05) is 6.61 Å². The van der Waals surface area contributed by atoms with E-state index in [1.807, 2.05) is 0 Å². The number of phenolic OH excluding ortho intramolecular Hbond substituents is 1. The predicted molar refractivity (Wildman–Crippen MR) is 81.6 cm³/mol. The van der Waals surface area contributed by atoms with E-state index in [-0.39, 0.29) is 24.3 Å². The first-order valence-electron chi connectivity index (χ1n) is 7.26. The minimum atomic E-state index is -1.09. The third-order valence-corrected chi connectivity index (χ3v) is 2.72. The van der Waals surface area contributed by atoms with Crippen LogP contribution in [0.2, 0.25) is 0 Å². The Balaban J connectivity index is 2.88. The lowest BCUT2D eigenvalue weighted by molar-refractivity contribution is -0.145. The molecular formula is C16H22FNO5. The third-order valence-electron chi connectivity index (χ3n) is 2.72. The molecule has 0 aliphatic carbocycles. The SMILES string of the molecule is CCOC(=O)[C@H](Cc1ccc(O)cc1F)NC(=O)OC(C)(C)C. The van der Waals surface area contributed by atoms with E-state index in [0.717, 1.165) is 6.07 Å². The van der Waals surface area contributed by atoms with Gasteiger partial charge < -0.3 is 19.9 Å². The third kappa shape index (κ3) is 6.54. The number of benzene rings is 1. The summed E-state index contributed by atoms with van der Waals surface area (Å²) in [4.78, 5) is 23.8. The molecule has 1 rings (SSSR count). The summed E-state index contributed by atoms with van der Waals surface area (Å²) in [6, 6.07) is 2.48. The zero-order chi connectivity index (χ0) is 17.6. The molecule has 23 heavy (non-hydrogen) atoms. The molecular weight excluding hydrogens is 305 g/mol. The molecule has 0 aliphatic heterocycles. The Morgan fingerprint density at radius 1 is 1.35 bits per heavy atom. The van der Waals surface area contributed by atoms with Crippen LogP contribution in [0, 0.1) is 5.82 Å². The number of carbonyl (C=O) groups excluding carboxylic acids is 2. The Hall–Kier alpha value is -2.31. The highest BCUT2D eigenvalue weighted by atomic mass is 19.1. The maximum absolute atomic E-state index is 13.8. The van der Waals surface area contributed by atoms with E-state index < -0.39 is 29.5 Å². The van der Waals surface area contributed by atoms with Gasteiger partial charge in [0.2, 0.25) is 0 Å². The highest BCUT2D eigenvalue weighted by Crippen LogP contribution is 2.17. The maximum Gasteiger partial charge on any atom is 0.408 e. The molecule has 0 bridgehead atoms. The van der Waals surface area contributed by atoms with Gasteiger partial charge in [-0.25, -0.2) is 14.0 Å². The number of aromatic hydroxyl groups is 1. The van der Waals surface area contributed by atoms with Crippen LogP contribution in [0.3, 0.4) is 0 Å². The van der Waals surface area contributed by atoms with Crippen LogP contribution in [0.4, 0.5) is 9.18 Å². The van der Waals surface area contributed by atoms with Crippen LogP contribution in [-0.2, 0) is 20.7 Å². The second-order valence-electron chi connectivity index (χ2n) is 5.93. The van der Waals surface area contributed by atoms with E-state index in [4.69, 9.17) is 9.47 Å². The highest BCUT2D eigenvalue weighted by Gasteiger charge is 2.26. The van der Waals surface area contributed by atoms with E-state index in [1.54, 1.807) is 27.7 Å². The van der Waals surface area contributed by atoms with E-state index >= 15 is 0 Å². The Labute approximate surface area is 134 Å². The Bertz CT molecular complexity index is 568. The minimum Gasteiger partial charge on any atom is -0.508 e. The first-order chi connectivity index (χ1) is 10.6. The molecule has 6 nitrogen and oxygen atoms in total. The zero-order valence-corrected chi connectivity index (χ0v) is 13.7. The lowest BCUT2D eigenvalue weighted by Gasteiger charge is -2.23. The van der Waals surface area contributed by atoms with Gasteiger partial charge in [0.05, 0.1) is 6.61 Å². The molecule has 0 aliphatic rings. The molecule has 1 aromatic carbocycles. The summed E-state index contributed by atoms with van der Waals surface area (Å²) in [6.07, 6.45) is -0.917. The van der Waals surface area contributed by atoms with Crippen molar-refractivity contribution in [1.82, 2.24) is 5.32 Å². The normalized spacial score (nSPS) is 12.4. The first-order valence-corrected chi connectivity index (χ1v) is 7.26. The monoisotopic (exact) mass is 327 g/mol. The number of rotatable bonds is 5. The molecule has 0 spiro atoms. The summed E-state index contributed by atoms with van der Waals surface area (Å²) in [6.45, 7) is 6.82. The fourth-order valence-corrected chi connectivity index (χ4v) is 1.81. The summed E-state index contributed by atoms with van der Waals surface area (Å²) in [5.41, 5.74) is -0.565. The van der Waals surface area contributed by atoms with E-state index in [1.165, 1.54) is 12.1 Å². The van der Waals surface area contributed by atoms with Gasteiger partial charge in [-0.2, -0.15) is 0 Å². The van der Waals surface area contributed by atoms with Crippen LogP contribution in [-0.4, -0.2) is 35.4 Å². The number of esters is 1. The van der Waals surface area contributed by atoms with Crippen molar-refractivity contribution in [3.63, 3.8) is 0 Å². The Kier molecular flexibility index (Phi) is 6.36. The smallest absolute Gasteiger partial charge is 0.408 e. The van der Waals surface area contributed by atoms with Crippen molar-refractivity contribution in [2.45, 2.75) is 45.8 Å². The molecule has 0 radical (unpaired) electrons. The van der Waals surface area contributed by atoms with Crippen LogP contribution in [0.5, 0.6) is 5.75 Å². The number of carbonyl (C=O) groups is 2. The standard InChI is InChI=1S/C16H22FNO5/c1-5-22-14(20)13(18-15(21)23-16(2,3)4)8-10-6-7-11(19)9-12(10)17/h6-7,9,13,19H,5,8H2,1-4H3,(H,18,21)/t13-/m0/s1. The van der Waals surface area contributed by atoms with Gasteiger partial charge in [0.1, 0.15) is 23.2 Å². The van der Waals surface area contributed by atoms with Gasteiger partial charge in [0.25, 0.3) is 0 Å². The van der Waals surface area contributed by atoms with Crippen LogP contribution >= 0.6 is 0 Å². The molecule has 2 N–H and O–H groups in total. The molecule has 1 atom stereocenters. The van der Waals surface area contributed by atoms with Crippen molar-refractivity contribution in [3.05, 3.63) is 29.6 Å². The molecule has 0 saturated heterocycles. The number of nitrogens with one attached hydrogen (secondary N) is 1. The minimum absolute atomic E-state index is 0.121. The number of phenols is 1. The largest absolute Gasteiger partial charge is 0.508 e. The molecule has 128 valence electrons. The zero-order valence-electron chi connectivity index (χ0n) is 13.7. The van der Waals surface area contributed by atoms with Crippen LogP contribution in [0.25, 0.3) is 0 Å². The van der Waals surface area contributed by atoms with Gasteiger partial charge in [-0.15, -0.1) is 0 Å². The maximum atomic E-state index is 13.8. The average molecular weight is 327 g/mol. The van der Waals surface area contributed by atoms with E-state index in [9.17, 15) is 19.1 Å². The lowest BCUT2D eigenvalue weighted by Crippen LogP contribution is -2.45. The van der Waals surface area contributed by atoms with Crippen molar-refractivity contribution in [2.24, 2.45) is 0 Å². The molecule has 0 aromatic heterocycles. The van der Waals surface area contributed by atoms with Crippen molar-refractivity contribution in [3.8, 4) is 5.75 Å². The fourth-order valence-electron chi connectivity index (χ4n) is 1.81. The molecule has 0 heterocycles. The number of hydrogen-bond donors (Lipinski definition) is 2. The summed E-state index contributed by atoms with van der Waals surface area (Å²) in [5.74, 6) is -1.59. The van der Waals surface area contributed by atoms with Crippen molar-refractivity contribution in [1.29, 1.82) is 0 Å². The van der Waals surface area contributed by atoms with Gasteiger partial charge >= 0.3 is 12.1 Å². The topological polar surface area (TPSA) is 84.9 Å². The van der Waals surface area contributed by atoms with Gasteiger partial charge in [-0.3, -0.25) is 0 Å². The van der Waals surface area contributed by atoms with Crippen LogP contribution < -0.4 is 5.32 Å². The number of halogens is 1. The van der Waals surface area contributed by atoms with E-state index in [0.29, 0.717) is 0 Å². The molecule has 0 unspecified atom stereocenters. The number of ether oxygens (including phenoxy) is 2. The summed E-state index contributed by atoms with van der Waals surface area (Å²) < 4.78 is 23.8. The van der Waals surface area contributed by atoms with Gasteiger partial charge in [-0.05, 0) is 39.3 Å². The average Bonchev–Trinajstić information content (AvgIpc) is 2.39. The molecule has 7 heteroatoms. The number of alkyl carbamates (subject to hydrolysis) is 1. The van der Waals surface area contributed by atoms with Crippen molar-refractivity contribution >= 4 is 12.1 Å². The van der Waals surface area contributed by atoms with Gasteiger partial charge in [0, 0.05) is 12.5 Å². The number of hydrogen-bond acceptors (Lipinski definition) is 5. The summed E-state index contributed by atoms with van der Waals surface area (Å²) in [5, 5.41) is 11.6. The Morgan fingerprint density at radius 3 is 2.52 bits per heavy atom.